The molecular weight excluding hydrogens is 407 g/mol. The second kappa shape index (κ2) is 6.91. The number of aromatic hydroxyl groups is 1. The third-order valence-corrected chi connectivity index (χ3v) is 3.57. The zero-order chi connectivity index (χ0) is 15.4. The number of phenols is 1. The number of hydrogen-bond donors (Lipinski definition) is 1. The average molecular weight is 417 g/mol. The van der Waals surface area contributed by atoms with Gasteiger partial charge in [0.15, 0.2) is 12.4 Å². The van der Waals surface area contributed by atoms with E-state index in [9.17, 15) is 14.7 Å². The summed E-state index contributed by atoms with van der Waals surface area (Å²) in [7, 11) is 0. The number of rotatable bonds is 4. The Morgan fingerprint density at radius 3 is 2.67 bits per heavy atom. The Morgan fingerprint density at radius 2 is 1.95 bits per heavy atom. The van der Waals surface area contributed by atoms with Crippen LogP contribution < -0.4 is 0 Å². The summed E-state index contributed by atoms with van der Waals surface area (Å²) in [5, 5.41) is 10.1. The molecule has 0 unspecified atom stereocenters. The third kappa shape index (κ3) is 4.18. The lowest BCUT2D eigenvalue weighted by atomic mass is 10.1. The minimum atomic E-state index is -0.749. The van der Waals surface area contributed by atoms with Crippen molar-refractivity contribution in [3.63, 3.8) is 0 Å². The number of ether oxygens (including phenoxy) is 1. The number of benzene rings is 2. The minimum absolute atomic E-state index is 0.0285. The monoisotopic (exact) mass is 416 g/mol. The van der Waals surface area contributed by atoms with Gasteiger partial charge in [-0.3, -0.25) is 4.79 Å². The van der Waals surface area contributed by atoms with Gasteiger partial charge in [0.2, 0.25) is 0 Å². The molecule has 0 fully saturated rings. The summed E-state index contributed by atoms with van der Waals surface area (Å²) in [6.45, 7) is -0.413. The highest BCUT2D eigenvalue weighted by Gasteiger charge is 2.15. The number of carbonyl (C=O) groups excluding carboxylic acids is 2. The van der Waals surface area contributed by atoms with Crippen molar-refractivity contribution in [2.24, 2.45) is 0 Å². The maximum Gasteiger partial charge on any atom is 0.342 e. The van der Waals surface area contributed by atoms with Gasteiger partial charge >= 0.3 is 5.97 Å². The summed E-state index contributed by atoms with van der Waals surface area (Å²) < 4.78 is 5.70. The predicted molar refractivity (Wildman–Crippen MR) is 86.9 cm³/mol. The van der Waals surface area contributed by atoms with E-state index in [0.29, 0.717) is 10.6 Å². The van der Waals surface area contributed by atoms with E-state index in [4.69, 9.17) is 16.3 Å². The molecule has 0 aliphatic carbocycles. The van der Waals surface area contributed by atoms with Crippen LogP contribution in [0.1, 0.15) is 20.7 Å². The van der Waals surface area contributed by atoms with Crippen molar-refractivity contribution in [1.29, 1.82) is 0 Å². The van der Waals surface area contributed by atoms with Gasteiger partial charge in [0.25, 0.3) is 0 Å². The van der Waals surface area contributed by atoms with Crippen molar-refractivity contribution in [3.8, 4) is 5.75 Å². The fourth-order valence-corrected chi connectivity index (χ4v) is 2.31. The van der Waals surface area contributed by atoms with Gasteiger partial charge in [-0.1, -0.05) is 23.7 Å². The van der Waals surface area contributed by atoms with Crippen molar-refractivity contribution in [2.75, 3.05) is 6.61 Å². The van der Waals surface area contributed by atoms with Gasteiger partial charge in [0.05, 0.1) is 0 Å². The fourth-order valence-electron chi connectivity index (χ4n) is 1.63. The second-order valence-corrected chi connectivity index (χ2v) is 5.85. The molecule has 0 aromatic heterocycles. The summed E-state index contributed by atoms with van der Waals surface area (Å²) in [4.78, 5) is 23.7. The van der Waals surface area contributed by atoms with E-state index in [-0.39, 0.29) is 17.1 Å². The highest BCUT2D eigenvalue weighted by molar-refractivity contribution is 14.1. The molecule has 0 atom stereocenters. The minimum Gasteiger partial charge on any atom is -0.507 e. The van der Waals surface area contributed by atoms with Crippen LogP contribution in [0.2, 0.25) is 5.02 Å². The maximum absolute atomic E-state index is 11.9. The van der Waals surface area contributed by atoms with Crippen LogP contribution in [0.15, 0.2) is 42.5 Å². The molecule has 2 rings (SSSR count). The van der Waals surface area contributed by atoms with Crippen LogP contribution in [-0.4, -0.2) is 23.5 Å². The molecule has 0 saturated carbocycles. The smallest absolute Gasteiger partial charge is 0.342 e. The largest absolute Gasteiger partial charge is 0.507 e. The third-order valence-electron chi connectivity index (χ3n) is 2.66. The molecule has 4 nitrogen and oxygen atoms in total. The first-order chi connectivity index (χ1) is 9.97. The molecule has 0 heterocycles. The Bertz CT molecular complexity index is 700. The lowest BCUT2D eigenvalue weighted by Gasteiger charge is -2.06. The molecule has 0 aliphatic heterocycles. The van der Waals surface area contributed by atoms with Crippen LogP contribution in [0, 0.1) is 3.57 Å². The Hall–Kier alpha value is -1.60. The van der Waals surface area contributed by atoms with Crippen molar-refractivity contribution < 1.29 is 19.4 Å². The van der Waals surface area contributed by atoms with E-state index in [1.54, 1.807) is 24.3 Å². The molecule has 6 heteroatoms. The van der Waals surface area contributed by atoms with Gasteiger partial charge in [0.1, 0.15) is 11.3 Å². The topological polar surface area (TPSA) is 63.6 Å². The summed E-state index contributed by atoms with van der Waals surface area (Å²) in [6.07, 6.45) is 0. The summed E-state index contributed by atoms with van der Waals surface area (Å²) >= 11 is 7.80. The van der Waals surface area contributed by atoms with E-state index < -0.39 is 12.6 Å². The van der Waals surface area contributed by atoms with Gasteiger partial charge in [-0.25, -0.2) is 4.79 Å². The Kier molecular flexibility index (Phi) is 5.19. The maximum atomic E-state index is 11.9. The molecule has 2 aromatic carbocycles. The van der Waals surface area contributed by atoms with Crippen molar-refractivity contribution >= 4 is 45.9 Å². The molecular formula is C15H10ClIO4. The van der Waals surface area contributed by atoms with E-state index in [0.717, 1.165) is 3.57 Å². The molecule has 0 saturated heterocycles. The summed E-state index contributed by atoms with van der Waals surface area (Å²) in [5.74, 6) is -1.30. The Balaban J connectivity index is 2.04. The first-order valence-electron chi connectivity index (χ1n) is 5.92. The Labute approximate surface area is 139 Å². The van der Waals surface area contributed by atoms with Crippen LogP contribution in [0.4, 0.5) is 0 Å². The van der Waals surface area contributed by atoms with Gasteiger partial charge in [-0.2, -0.15) is 0 Å². The molecule has 21 heavy (non-hydrogen) atoms. The quantitative estimate of drug-likeness (QED) is 0.469. The molecule has 2 aromatic rings. The number of esters is 1. The molecule has 1 N–H and O–H groups in total. The Morgan fingerprint density at radius 1 is 1.19 bits per heavy atom. The molecule has 0 bridgehead atoms. The summed E-state index contributed by atoms with van der Waals surface area (Å²) in [6, 6.07) is 10.9. The first-order valence-corrected chi connectivity index (χ1v) is 7.37. The van der Waals surface area contributed by atoms with Gasteiger partial charge in [-0.05, 0) is 52.9 Å². The van der Waals surface area contributed by atoms with Crippen molar-refractivity contribution in [1.82, 2.24) is 0 Å². The van der Waals surface area contributed by atoms with Gasteiger partial charge < -0.3 is 9.84 Å². The predicted octanol–water partition coefficient (Wildman–Crippen LogP) is 3.69. The van der Waals surface area contributed by atoms with Crippen LogP contribution in [0.3, 0.4) is 0 Å². The normalized spacial score (nSPS) is 10.2. The summed E-state index contributed by atoms with van der Waals surface area (Å²) in [5.41, 5.74) is 0.392. The van der Waals surface area contributed by atoms with E-state index in [2.05, 4.69) is 0 Å². The highest BCUT2D eigenvalue weighted by atomic mass is 127. The van der Waals surface area contributed by atoms with Crippen LogP contribution in [-0.2, 0) is 4.74 Å². The molecule has 0 radical (unpaired) electrons. The lowest BCUT2D eigenvalue weighted by Crippen LogP contribution is -2.14. The number of phenolic OH excluding ortho intramolecular Hbond substituents is 1. The van der Waals surface area contributed by atoms with E-state index in [1.807, 2.05) is 22.6 Å². The highest BCUT2D eigenvalue weighted by Crippen LogP contribution is 2.20. The second-order valence-electron chi connectivity index (χ2n) is 4.17. The first kappa shape index (κ1) is 15.8. The van der Waals surface area contributed by atoms with Gasteiger partial charge in [-0.15, -0.1) is 0 Å². The lowest BCUT2D eigenvalue weighted by molar-refractivity contribution is 0.0471. The zero-order valence-electron chi connectivity index (χ0n) is 10.7. The number of Topliss-reactive ketones (excluding diaryl/α,β-unsaturated/α-hetero) is 1. The van der Waals surface area contributed by atoms with Crippen molar-refractivity contribution in [3.05, 3.63) is 62.2 Å². The average Bonchev–Trinajstić information content (AvgIpc) is 2.47. The fraction of sp³-hybridized carbons (Fsp3) is 0.0667. The standard InChI is InChI=1S/C15H10ClIO4/c16-10-3-1-2-9(6-10)14(19)8-21-15(20)12-7-11(17)4-5-13(12)18/h1-7,18H,8H2. The number of carbonyl (C=O) groups is 2. The molecule has 108 valence electrons. The molecule has 0 amide bonds. The van der Waals surface area contributed by atoms with Crippen LogP contribution >= 0.6 is 34.2 Å². The van der Waals surface area contributed by atoms with E-state index in [1.165, 1.54) is 18.2 Å². The zero-order valence-corrected chi connectivity index (χ0v) is 13.6. The molecule has 0 aliphatic rings. The van der Waals surface area contributed by atoms with Crippen LogP contribution in [0.5, 0.6) is 5.75 Å². The SMILES string of the molecule is O=C(COC(=O)c1cc(I)ccc1O)c1cccc(Cl)c1. The van der Waals surface area contributed by atoms with Gasteiger partial charge in [0, 0.05) is 14.2 Å². The van der Waals surface area contributed by atoms with Crippen molar-refractivity contribution in [2.45, 2.75) is 0 Å². The number of halogens is 2. The number of ketones is 1. The van der Waals surface area contributed by atoms with Crippen LogP contribution in [0.25, 0.3) is 0 Å². The number of hydrogen-bond acceptors (Lipinski definition) is 4. The molecule has 0 spiro atoms. The van der Waals surface area contributed by atoms with E-state index >= 15 is 0 Å².